The van der Waals surface area contributed by atoms with Gasteiger partial charge in [-0.2, -0.15) is 13.2 Å². The quantitative estimate of drug-likeness (QED) is 0.635. The Kier molecular flexibility index (Phi) is 5.26. The number of hydrogen-bond donors (Lipinski definition) is 1. The number of methoxy groups -OCH3 is 1. The highest BCUT2D eigenvalue weighted by Crippen LogP contribution is 2.31. The zero-order chi connectivity index (χ0) is 20.5. The molecule has 1 aliphatic heterocycles. The molecule has 0 saturated carbocycles. The first-order chi connectivity index (χ1) is 13.2. The number of rotatable bonds is 4. The monoisotopic (exact) mass is 397 g/mol. The number of hydrogen-bond acceptors (Lipinski definition) is 4. The number of amides is 1. The fraction of sp³-hybridized carbons (Fsp3) is 0.263. The maximum atomic E-state index is 13.4. The summed E-state index contributed by atoms with van der Waals surface area (Å²) in [6, 6.07) is 6.41. The summed E-state index contributed by atoms with van der Waals surface area (Å²) in [4.78, 5) is 23.7. The van der Waals surface area contributed by atoms with Crippen molar-refractivity contribution < 1.29 is 36.6 Å². The van der Waals surface area contributed by atoms with Gasteiger partial charge in [0.25, 0.3) is 5.91 Å². The number of fused-ring (bicyclic) bond motifs is 1. The largest absolute Gasteiger partial charge is 0.488 e. The highest BCUT2D eigenvalue weighted by atomic mass is 19.4. The molecule has 1 N–H and O–H groups in total. The molecule has 0 bridgehead atoms. The van der Waals surface area contributed by atoms with Crippen LogP contribution in [-0.2, 0) is 17.3 Å². The van der Waals surface area contributed by atoms with E-state index in [9.17, 15) is 27.2 Å². The lowest BCUT2D eigenvalue weighted by Crippen LogP contribution is -2.34. The molecule has 2 aromatic rings. The first-order valence-corrected chi connectivity index (χ1v) is 8.21. The van der Waals surface area contributed by atoms with E-state index in [1.807, 2.05) is 0 Å². The van der Waals surface area contributed by atoms with Crippen LogP contribution in [0, 0.1) is 5.82 Å². The number of halogens is 4. The average molecular weight is 397 g/mol. The molecule has 1 unspecified atom stereocenters. The van der Waals surface area contributed by atoms with E-state index in [1.165, 1.54) is 13.2 Å². The molecule has 0 aromatic heterocycles. The summed E-state index contributed by atoms with van der Waals surface area (Å²) < 4.78 is 62.0. The molecule has 2 aromatic carbocycles. The van der Waals surface area contributed by atoms with Crippen LogP contribution in [0.5, 0.6) is 5.75 Å². The molecule has 0 fully saturated rings. The van der Waals surface area contributed by atoms with Crippen LogP contribution in [-0.4, -0.2) is 31.6 Å². The molecule has 3 rings (SSSR count). The number of esters is 1. The molecule has 9 heteroatoms. The van der Waals surface area contributed by atoms with E-state index >= 15 is 0 Å². The summed E-state index contributed by atoms with van der Waals surface area (Å²) >= 11 is 0. The molecule has 5 nitrogen and oxygen atoms in total. The first-order valence-electron chi connectivity index (χ1n) is 8.21. The lowest BCUT2D eigenvalue weighted by atomic mass is 10.1. The Hall–Kier alpha value is -3.10. The SMILES string of the molecule is COC(=O)c1ccc2c(c1)CC(CNC(=O)c1cc(F)cc(C(F)(F)F)c1)O2. The molecule has 0 radical (unpaired) electrons. The predicted molar refractivity (Wildman–Crippen MR) is 89.6 cm³/mol. The van der Waals surface area contributed by atoms with E-state index in [2.05, 4.69) is 10.1 Å². The van der Waals surface area contributed by atoms with Gasteiger partial charge in [0.2, 0.25) is 0 Å². The van der Waals surface area contributed by atoms with Gasteiger partial charge in [0.1, 0.15) is 17.7 Å². The normalized spacial score (nSPS) is 15.5. The third kappa shape index (κ3) is 4.24. The van der Waals surface area contributed by atoms with Gasteiger partial charge in [-0.15, -0.1) is 0 Å². The Labute approximate surface area is 157 Å². The van der Waals surface area contributed by atoms with Crippen LogP contribution in [0.1, 0.15) is 31.8 Å². The fourth-order valence-electron chi connectivity index (χ4n) is 2.87. The van der Waals surface area contributed by atoms with Crippen molar-refractivity contribution in [2.45, 2.75) is 18.7 Å². The van der Waals surface area contributed by atoms with Gasteiger partial charge in [0.05, 0.1) is 24.8 Å². The van der Waals surface area contributed by atoms with Crippen molar-refractivity contribution >= 4 is 11.9 Å². The molecule has 0 saturated heterocycles. The van der Waals surface area contributed by atoms with Crippen molar-refractivity contribution in [3.63, 3.8) is 0 Å². The van der Waals surface area contributed by atoms with Gasteiger partial charge in [-0.25, -0.2) is 9.18 Å². The summed E-state index contributed by atoms with van der Waals surface area (Å²) in [5.74, 6) is -1.96. The highest BCUT2D eigenvalue weighted by Gasteiger charge is 2.32. The summed E-state index contributed by atoms with van der Waals surface area (Å²) in [6.07, 6.45) is -4.84. The highest BCUT2D eigenvalue weighted by molar-refractivity contribution is 5.94. The van der Waals surface area contributed by atoms with Gasteiger partial charge in [0, 0.05) is 12.0 Å². The number of ether oxygens (including phenoxy) is 2. The van der Waals surface area contributed by atoms with Crippen LogP contribution in [0.2, 0.25) is 0 Å². The Bertz CT molecular complexity index is 927. The Morgan fingerprint density at radius 1 is 1.18 bits per heavy atom. The number of carbonyl (C=O) groups excluding carboxylic acids is 2. The molecule has 1 amide bonds. The third-order valence-electron chi connectivity index (χ3n) is 4.20. The van der Waals surface area contributed by atoms with E-state index < -0.39 is 41.1 Å². The van der Waals surface area contributed by atoms with E-state index in [4.69, 9.17) is 4.74 Å². The van der Waals surface area contributed by atoms with Crippen molar-refractivity contribution in [3.05, 3.63) is 64.5 Å². The van der Waals surface area contributed by atoms with Crippen LogP contribution >= 0.6 is 0 Å². The van der Waals surface area contributed by atoms with Crippen molar-refractivity contribution in [1.29, 1.82) is 0 Å². The minimum absolute atomic E-state index is 0.00106. The smallest absolute Gasteiger partial charge is 0.416 e. The fourth-order valence-corrected chi connectivity index (χ4v) is 2.87. The van der Waals surface area contributed by atoms with Crippen LogP contribution < -0.4 is 10.1 Å². The van der Waals surface area contributed by atoms with E-state index in [0.29, 0.717) is 29.9 Å². The van der Waals surface area contributed by atoms with E-state index in [1.54, 1.807) is 12.1 Å². The van der Waals surface area contributed by atoms with Crippen LogP contribution in [0.4, 0.5) is 17.6 Å². The van der Waals surface area contributed by atoms with Gasteiger partial charge in [-0.05, 0) is 42.0 Å². The van der Waals surface area contributed by atoms with Crippen molar-refractivity contribution in [2.24, 2.45) is 0 Å². The molecule has 1 aliphatic rings. The predicted octanol–water partition coefficient (Wildman–Crippen LogP) is 3.36. The summed E-state index contributed by atoms with van der Waals surface area (Å²) in [6.45, 7) is -0.00106. The maximum absolute atomic E-state index is 13.4. The van der Waals surface area contributed by atoms with Crippen molar-refractivity contribution in [2.75, 3.05) is 13.7 Å². The molecule has 1 heterocycles. The van der Waals surface area contributed by atoms with Gasteiger partial charge in [-0.1, -0.05) is 0 Å². The van der Waals surface area contributed by atoms with Crippen molar-refractivity contribution in [3.8, 4) is 5.75 Å². The summed E-state index contributed by atoms with van der Waals surface area (Å²) in [5, 5.41) is 2.44. The summed E-state index contributed by atoms with van der Waals surface area (Å²) in [5.41, 5.74) is -0.574. The van der Waals surface area contributed by atoms with E-state index in [0.717, 1.165) is 11.6 Å². The maximum Gasteiger partial charge on any atom is 0.416 e. The van der Waals surface area contributed by atoms with Gasteiger partial charge in [-0.3, -0.25) is 4.79 Å². The van der Waals surface area contributed by atoms with Crippen LogP contribution in [0.25, 0.3) is 0 Å². The van der Waals surface area contributed by atoms with E-state index in [-0.39, 0.29) is 6.54 Å². The number of alkyl halides is 3. The number of carbonyl (C=O) groups is 2. The second kappa shape index (κ2) is 7.49. The van der Waals surface area contributed by atoms with Gasteiger partial charge in [0.15, 0.2) is 0 Å². The second-order valence-electron chi connectivity index (χ2n) is 6.19. The minimum Gasteiger partial charge on any atom is -0.488 e. The third-order valence-corrected chi connectivity index (χ3v) is 4.20. The number of nitrogens with one attached hydrogen (secondary N) is 1. The zero-order valence-corrected chi connectivity index (χ0v) is 14.6. The minimum atomic E-state index is -4.76. The molecular formula is C19H15F4NO4. The molecule has 148 valence electrons. The Balaban J connectivity index is 1.64. The lowest BCUT2D eigenvalue weighted by molar-refractivity contribution is -0.137. The molecular weight excluding hydrogens is 382 g/mol. The topological polar surface area (TPSA) is 64.6 Å². The average Bonchev–Trinajstić information content (AvgIpc) is 3.06. The molecule has 1 atom stereocenters. The van der Waals surface area contributed by atoms with Gasteiger partial charge < -0.3 is 14.8 Å². The standard InChI is InChI=1S/C19H15F4NO4/c1-27-18(26)10-2-3-16-11(4-10)7-15(28-16)9-24-17(25)12-5-13(19(21,22)23)8-14(20)6-12/h2-6,8,15H,7,9H2,1H3,(H,24,25). The molecule has 0 spiro atoms. The van der Waals surface area contributed by atoms with Gasteiger partial charge >= 0.3 is 12.1 Å². The molecule has 28 heavy (non-hydrogen) atoms. The van der Waals surface area contributed by atoms with Crippen molar-refractivity contribution in [1.82, 2.24) is 5.32 Å². The first kappa shape index (κ1) is 19.7. The van der Waals surface area contributed by atoms with Crippen LogP contribution in [0.3, 0.4) is 0 Å². The Morgan fingerprint density at radius 2 is 1.93 bits per heavy atom. The lowest BCUT2D eigenvalue weighted by Gasteiger charge is -2.13. The second-order valence-corrected chi connectivity index (χ2v) is 6.19. The van der Waals surface area contributed by atoms with Crippen LogP contribution in [0.15, 0.2) is 36.4 Å². The molecule has 0 aliphatic carbocycles. The summed E-state index contributed by atoms with van der Waals surface area (Å²) in [7, 11) is 1.26. The zero-order valence-electron chi connectivity index (χ0n) is 14.6. The number of benzene rings is 2. The Morgan fingerprint density at radius 3 is 2.61 bits per heavy atom.